The van der Waals surface area contributed by atoms with E-state index in [-0.39, 0.29) is 0 Å². The average Bonchev–Trinajstić information content (AvgIpc) is 2.44. The maximum atomic E-state index is 11.4. The van der Waals surface area contributed by atoms with Crippen molar-refractivity contribution in [2.24, 2.45) is 10.7 Å². The van der Waals surface area contributed by atoms with E-state index >= 15 is 0 Å². The second-order valence-electron chi connectivity index (χ2n) is 4.04. The van der Waals surface area contributed by atoms with Crippen molar-refractivity contribution in [3.63, 3.8) is 0 Å². The maximum absolute atomic E-state index is 11.4. The third kappa shape index (κ3) is 4.71. The van der Waals surface area contributed by atoms with Gasteiger partial charge in [0.05, 0.1) is 20.3 Å². The van der Waals surface area contributed by atoms with Crippen molar-refractivity contribution in [2.45, 2.75) is 26.4 Å². The van der Waals surface area contributed by atoms with Gasteiger partial charge in [-0.2, -0.15) is 0 Å². The summed E-state index contributed by atoms with van der Waals surface area (Å²) in [5.74, 6) is 0.353. The fourth-order valence-electron chi connectivity index (χ4n) is 1.45. The number of nitrogens with two attached hydrogens (primary N) is 1. The summed E-state index contributed by atoms with van der Waals surface area (Å²) in [7, 11) is 1.62. The summed E-state index contributed by atoms with van der Waals surface area (Å²) in [5.41, 5.74) is 7.32. The quantitative estimate of drug-likeness (QED) is 0.625. The van der Waals surface area contributed by atoms with Crippen LogP contribution in [0.4, 0.5) is 0 Å². The van der Waals surface area contributed by atoms with Crippen LogP contribution < -0.4 is 10.5 Å². The monoisotopic (exact) mass is 264 g/mol. The van der Waals surface area contributed by atoms with Crippen molar-refractivity contribution in [2.75, 3.05) is 13.7 Å². The molecule has 0 spiro atoms. The first kappa shape index (κ1) is 15.2. The minimum atomic E-state index is -0.793. The van der Waals surface area contributed by atoms with E-state index in [4.69, 9.17) is 15.2 Å². The molecule has 0 aliphatic carbocycles. The van der Waals surface area contributed by atoms with E-state index in [1.807, 2.05) is 24.3 Å². The molecule has 1 aromatic rings. The van der Waals surface area contributed by atoms with E-state index < -0.39 is 12.0 Å². The predicted octanol–water partition coefficient (Wildman–Crippen LogP) is 1.55. The topological polar surface area (TPSA) is 73.9 Å². The van der Waals surface area contributed by atoms with E-state index in [1.165, 1.54) is 0 Å². The molecule has 0 fully saturated rings. The number of benzene rings is 1. The van der Waals surface area contributed by atoms with Crippen LogP contribution in [0.15, 0.2) is 29.3 Å². The van der Waals surface area contributed by atoms with E-state index in [0.29, 0.717) is 18.9 Å². The molecule has 5 nitrogen and oxygen atoms in total. The molecule has 1 rings (SSSR count). The average molecular weight is 264 g/mol. The molecule has 5 heteroatoms. The second kappa shape index (κ2) is 7.53. The zero-order chi connectivity index (χ0) is 14.3. The smallest absolute Gasteiger partial charge is 0.328 e. The number of nitrogens with zero attached hydrogens (tertiary/aromatic N) is 1. The van der Waals surface area contributed by atoms with Crippen LogP contribution in [-0.4, -0.2) is 31.4 Å². The van der Waals surface area contributed by atoms with Gasteiger partial charge in [0.25, 0.3) is 0 Å². The van der Waals surface area contributed by atoms with Crippen LogP contribution >= 0.6 is 0 Å². The van der Waals surface area contributed by atoms with E-state index in [9.17, 15) is 4.79 Å². The fraction of sp³-hybridized carbons (Fsp3) is 0.429. The van der Waals surface area contributed by atoms with Gasteiger partial charge in [-0.15, -0.1) is 0 Å². The molecule has 1 unspecified atom stereocenters. The van der Waals surface area contributed by atoms with Crippen LogP contribution in [0.2, 0.25) is 0 Å². The highest BCUT2D eigenvalue weighted by atomic mass is 16.5. The van der Waals surface area contributed by atoms with Crippen LogP contribution in [0.1, 0.15) is 19.4 Å². The van der Waals surface area contributed by atoms with Gasteiger partial charge in [0.1, 0.15) is 11.8 Å². The molecule has 2 N–H and O–H groups in total. The summed E-state index contributed by atoms with van der Waals surface area (Å²) in [6.45, 7) is 4.26. The summed E-state index contributed by atoms with van der Waals surface area (Å²) in [6.07, 6.45) is 0. The van der Waals surface area contributed by atoms with Crippen LogP contribution in [0, 0.1) is 0 Å². The first-order valence-corrected chi connectivity index (χ1v) is 6.14. The molecule has 0 bridgehead atoms. The van der Waals surface area contributed by atoms with Gasteiger partial charge in [-0.25, -0.2) is 4.79 Å². The van der Waals surface area contributed by atoms with Gasteiger partial charge in [-0.3, -0.25) is 4.99 Å². The minimum absolute atomic E-state index is 0.318. The van der Waals surface area contributed by atoms with Gasteiger partial charge in [-0.1, -0.05) is 12.1 Å². The standard InChI is InChI=1S/C14H20N2O3/c1-4-19-14(17)13(15)10(2)16-9-11-5-7-12(18-3)8-6-11/h5-8,13H,4,9,15H2,1-3H3. The maximum Gasteiger partial charge on any atom is 0.328 e. The van der Waals surface area contributed by atoms with Crippen LogP contribution in [0.3, 0.4) is 0 Å². The minimum Gasteiger partial charge on any atom is -0.497 e. The molecule has 19 heavy (non-hydrogen) atoms. The van der Waals surface area contributed by atoms with Crippen molar-refractivity contribution >= 4 is 11.7 Å². The summed E-state index contributed by atoms with van der Waals surface area (Å²) >= 11 is 0. The van der Waals surface area contributed by atoms with Crippen molar-refractivity contribution in [3.05, 3.63) is 29.8 Å². The molecule has 0 heterocycles. The Morgan fingerprint density at radius 2 is 2.00 bits per heavy atom. The molecule has 0 aliphatic rings. The molecule has 0 radical (unpaired) electrons. The van der Waals surface area contributed by atoms with Crippen LogP contribution in [0.5, 0.6) is 5.75 Å². The highest BCUT2D eigenvalue weighted by Crippen LogP contribution is 2.12. The normalized spacial score (nSPS) is 12.9. The number of hydrogen-bond acceptors (Lipinski definition) is 5. The second-order valence-corrected chi connectivity index (χ2v) is 4.04. The molecule has 0 saturated carbocycles. The third-order valence-electron chi connectivity index (χ3n) is 2.66. The number of methoxy groups -OCH3 is 1. The van der Waals surface area contributed by atoms with E-state index in [1.54, 1.807) is 21.0 Å². The molecular formula is C14H20N2O3. The number of ether oxygens (including phenoxy) is 2. The van der Waals surface area contributed by atoms with Gasteiger partial charge in [0.2, 0.25) is 0 Å². The van der Waals surface area contributed by atoms with Crippen LogP contribution in [0.25, 0.3) is 0 Å². The Balaban J connectivity index is 2.61. The molecule has 0 aliphatic heterocycles. The molecular weight excluding hydrogens is 244 g/mol. The summed E-state index contributed by atoms with van der Waals surface area (Å²) in [6, 6.07) is 6.78. The first-order chi connectivity index (χ1) is 9.08. The zero-order valence-corrected chi connectivity index (χ0v) is 11.6. The Morgan fingerprint density at radius 1 is 1.37 bits per heavy atom. The van der Waals surface area contributed by atoms with Gasteiger partial charge in [0.15, 0.2) is 0 Å². The van der Waals surface area contributed by atoms with Crippen molar-refractivity contribution < 1.29 is 14.3 Å². The number of esters is 1. The molecule has 1 atom stereocenters. The molecule has 1 aromatic carbocycles. The largest absolute Gasteiger partial charge is 0.497 e. The third-order valence-corrected chi connectivity index (χ3v) is 2.66. The number of carbonyl (C=O) groups excluding carboxylic acids is 1. The van der Waals surface area contributed by atoms with Crippen molar-refractivity contribution in [1.82, 2.24) is 0 Å². The van der Waals surface area contributed by atoms with Gasteiger partial charge < -0.3 is 15.2 Å². The molecule has 0 saturated heterocycles. The van der Waals surface area contributed by atoms with Crippen LogP contribution in [-0.2, 0) is 16.1 Å². The lowest BCUT2D eigenvalue weighted by molar-refractivity contribution is -0.142. The van der Waals surface area contributed by atoms with Gasteiger partial charge >= 0.3 is 5.97 Å². The number of carbonyl (C=O) groups is 1. The highest BCUT2D eigenvalue weighted by molar-refractivity contribution is 6.04. The van der Waals surface area contributed by atoms with Gasteiger partial charge in [0, 0.05) is 5.71 Å². The number of hydrogen-bond donors (Lipinski definition) is 1. The van der Waals surface area contributed by atoms with E-state index in [0.717, 1.165) is 11.3 Å². The molecule has 0 aromatic heterocycles. The first-order valence-electron chi connectivity index (χ1n) is 6.14. The van der Waals surface area contributed by atoms with Crippen molar-refractivity contribution in [3.8, 4) is 5.75 Å². The Hall–Kier alpha value is -1.88. The Kier molecular flexibility index (Phi) is 6.02. The Bertz CT molecular complexity index is 441. The summed E-state index contributed by atoms with van der Waals surface area (Å²) in [4.78, 5) is 15.7. The highest BCUT2D eigenvalue weighted by Gasteiger charge is 2.17. The molecule has 0 amide bonds. The predicted molar refractivity (Wildman–Crippen MR) is 74.4 cm³/mol. The Morgan fingerprint density at radius 3 is 2.53 bits per heavy atom. The van der Waals surface area contributed by atoms with Gasteiger partial charge in [-0.05, 0) is 31.5 Å². The Labute approximate surface area is 113 Å². The summed E-state index contributed by atoms with van der Waals surface area (Å²) in [5, 5.41) is 0. The van der Waals surface area contributed by atoms with E-state index in [2.05, 4.69) is 4.99 Å². The number of aliphatic imine (C=N–C) groups is 1. The fourth-order valence-corrected chi connectivity index (χ4v) is 1.45. The SMILES string of the molecule is CCOC(=O)C(N)C(C)=NCc1ccc(OC)cc1. The number of rotatable bonds is 6. The molecule has 104 valence electrons. The lowest BCUT2D eigenvalue weighted by atomic mass is 10.2. The lowest BCUT2D eigenvalue weighted by Gasteiger charge is -2.10. The zero-order valence-electron chi connectivity index (χ0n) is 11.6. The lowest BCUT2D eigenvalue weighted by Crippen LogP contribution is -2.38. The summed E-state index contributed by atoms with van der Waals surface area (Å²) < 4.78 is 9.92. The van der Waals surface area contributed by atoms with Crippen molar-refractivity contribution in [1.29, 1.82) is 0 Å².